The van der Waals surface area contributed by atoms with Crippen LogP contribution in [0.1, 0.15) is 17.4 Å². The van der Waals surface area contributed by atoms with Crippen molar-refractivity contribution in [3.63, 3.8) is 0 Å². The third-order valence-electron chi connectivity index (χ3n) is 2.51. The van der Waals surface area contributed by atoms with Crippen LogP contribution in [0.2, 0.25) is 10.0 Å². The molecule has 0 fully saturated rings. The summed E-state index contributed by atoms with van der Waals surface area (Å²) in [6.45, 7) is 0. The third-order valence-corrected chi connectivity index (χ3v) is 3.14. The van der Waals surface area contributed by atoms with Gasteiger partial charge in [0.15, 0.2) is 6.23 Å². The number of nitrogens with zero attached hydrogens (tertiary/aromatic N) is 2. The number of benzene rings is 1. The smallest absolute Gasteiger partial charge is 0.165 e. The van der Waals surface area contributed by atoms with Crippen LogP contribution in [-0.2, 0) is 0 Å². The highest BCUT2D eigenvalue weighted by atomic mass is 35.5. The first-order chi connectivity index (χ1) is 9.58. The molecule has 0 bridgehead atoms. The van der Waals surface area contributed by atoms with Crippen molar-refractivity contribution < 1.29 is 5.11 Å². The molecule has 0 unspecified atom stereocenters. The molecule has 20 heavy (non-hydrogen) atoms. The number of aliphatic hydroxyl groups is 1. The molecule has 0 radical (unpaired) electrons. The van der Waals surface area contributed by atoms with Gasteiger partial charge < -0.3 is 10.8 Å². The number of hydrogen-bond donors (Lipinski definition) is 3. The van der Waals surface area contributed by atoms with E-state index in [1.807, 2.05) is 6.07 Å². The molecule has 1 aromatic heterocycles. The standard InChI is InChI=1S/C13H12Cl2N4O/c14-10-4-9(5-11(15)12(10)16)13(20)19-18-7-8-2-1-3-17-6-8/h1-7,13,19-20H,16H2/b18-7-/t13-/m0/s1. The Labute approximate surface area is 126 Å². The van der Waals surface area contributed by atoms with E-state index in [4.69, 9.17) is 28.9 Å². The molecule has 4 N–H and O–H groups in total. The second-order valence-electron chi connectivity index (χ2n) is 3.97. The monoisotopic (exact) mass is 310 g/mol. The Morgan fingerprint density at radius 3 is 2.65 bits per heavy atom. The molecule has 0 aliphatic rings. The maximum Gasteiger partial charge on any atom is 0.165 e. The highest BCUT2D eigenvalue weighted by Crippen LogP contribution is 2.30. The summed E-state index contributed by atoms with van der Waals surface area (Å²) in [7, 11) is 0. The molecular formula is C13H12Cl2N4O. The topological polar surface area (TPSA) is 83.5 Å². The van der Waals surface area contributed by atoms with Crippen LogP contribution in [0, 0.1) is 0 Å². The predicted molar refractivity (Wildman–Crippen MR) is 80.8 cm³/mol. The molecule has 2 rings (SSSR count). The molecule has 1 aromatic carbocycles. The van der Waals surface area contributed by atoms with Gasteiger partial charge in [-0.1, -0.05) is 29.3 Å². The molecular weight excluding hydrogens is 299 g/mol. The zero-order valence-electron chi connectivity index (χ0n) is 10.3. The van der Waals surface area contributed by atoms with Crippen LogP contribution in [-0.4, -0.2) is 16.3 Å². The minimum atomic E-state index is -1.04. The maximum atomic E-state index is 9.94. The summed E-state index contributed by atoms with van der Waals surface area (Å²) >= 11 is 11.8. The van der Waals surface area contributed by atoms with Gasteiger partial charge in [0, 0.05) is 23.5 Å². The number of nitrogens with two attached hydrogens (primary N) is 1. The SMILES string of the molecule is Nc1c(Cl)cc([C@H](O)N/N=C\c2cccnc2)cc1Cl. The number of rotatable bonds is 4. The predicted octanol–water partition coefficient (Wildman–Crippen LogP) is 2.59. The Hall–Kier alpha value is -1.82. The summed E-state index contributed by atoms with van der Waals surface area (Å²) in [5.41, 5.74) is 9.74. The number of anilines is 1. The van der Waals surface area contributed by atoms with Crippen molar-refractivity contribution >= 4 is 35.1 Å². The second kappa shape index (κ2) is 6.56. The van der Waals surface area contributed by atoms with Gasteiger partial charge in [-0.3, -0.25) is 10.4 Å². The molecule has 0 saturated carbocycles. The quantitative estimate of drug-likeness (QED) is 0.351. The summed E-state index contributed by atoms with van der Waals surface area (Å²) < 4.78 is 0. The van der Waals surface area contributed by atoms with Crippen LogP contribution in [0.15, 0.2) is 41.8 Å². The van der Waals surface area contributed by atoms with E-state index in [-0.39, 0.29) is 15.7 Å². The Balaban J connectivity index is 2.05. The number of pyridine rings is 1. The molecule has 7 heteroatoms. The number of nitrogens with one attached hydrogen (secondary N) is 1. The lowest BCUT2D eigenvalue weighted by Crippen LogP contribution is -2.15. The Morgan fingerprint density at radius 2 is 2.05 bits per heavy atom. The second-order valence-corrected chi connectivity index (χ2v) is 4.79. The maximum absolute atomic E-state index is 9.94. The molecule has 0 saturated heterocycles. The molecule has 1 atom stereocenters. The van der Waals surface area contributed by atoms with Crippen molar-refractivity contribution in [2.24, 2.45) is 5.10 Å². The van der Waals surface area contributed by atoms with Gasteiger partial charge in [0.1, 0.15) is 0 Å². The average Bonchev–Trinajstić information content (AvgIpc) is 2.45. The number of hydrogen-bond acceptors (Lipinski definition) is 5. The van der Waals surface area contributed by atoms with E-state index < -0.39 is 6.23 Å². The van der Waals surface area contributed by atoms with Crippen molar-refractivity contribution in [3.8, 4) is 0 Å². The summed E-state index contributed by atoms with van der Waals surface area (Å²) in [6, 6.07) is 6.68. The molecule has 0 aliphatic heterocycles. The molecule has 1 heterocycles. The van der Waals surface area contributed by atoms with Gasteiger partial charge in [-0.15, -0.1) is 0 Å². The van der Waals surface area contributed by atoms with Gasteiger partial charge >= 0.3 is 0 Å². The third kappa shape index (κ3) is 3.60. The lowest BCUT2D eigenvalue weighted by Gasteiger charge is -2.12. The van der Waals surface area contributed by atoms with Crippen LogP contribution >= 0.6 is 23.2 Å². The normalized spacial score (nSPS) is 12.6. The van der Waals surface area contributed by atoms with Gasteiger partial charge in [-0.2, -0.15) is 5.10 Å². The fourth-order valence-corrected chi connectivity index (χ4v) is 1.97. The number of aliphatic hydroxyl groups excluding tert-OH is 1. The van der Waals surface area contributed by atoms with Crippen LogP contribution in [0.5, 0.6) is 0 Å². The van der Waals surface area contributed by atoms with E-state index >= 15 is 0 Å². The Bertz CT molecular complexity index is 596. The highest BCUT2D eigenvalue weighted by Gasteiger charge is 2.11. The largest absolute Gasteiger partial charge is 0.396 e. The number of halogens is 2. The van der Waals surface area contributed by atoms with Crippen LogP contribution in [0.4, 0.5) is 5.69 Å². The average molecular weight is 311 g/mol. The van der Waals surface area contributed by atoms with Crippen LogP contribution in [0.25, 0.3) is 0 Å². The first kappa shape index (κ1) is 14.6. The van der Waals surface area contributed by atoms with E-state index in [1.54, 1.807) is 18.5 Å². The van der Waals surface area contributed by atoms with E-state index in [2.05, 4.69) is 15.5 Å². The number of hydrazone groups is 1. The van der Waals surface area contributed by atoms with E-state index in [0.29, 0.717) is 5.56 Å². The van der Waals surface area contributed by atoms with Gasteiger partial charge in [-0.25, -0.2) is 0 Å². The molecule has 2 aromatic rings. The number of nitrogen functional groups attached to an aromatic ring is 1. The Kier molecular flexibility index (Phi) is 4.79. The van der Waals surface area contributed by atoms with Gasteiger partial charge in [0.2, 0.25) is 0 Å². The highest BCUT2D eigenvalue weighted by molar-refractivity contribution is 6.38. The molecule has 5 nitrogen and oxygen atoms in total. The minimum Gasteiger partial charge on any atom is -0.396 e. The first-order valence-electron chi connectivity index (χ1n) is 5.69. The van der Waals surface area contributed by atoms with E-state index in [1.165, 1.54) is 18.3 Å². The van der Waals surface area contributed by atoms with Gasteiger partial charge in [-0.05, 0) is 18.2 Å². The summed E-state index contributed by atoms with van der Waals surface area (Å²) in [5.74, 6) is 0. The number of aromatic nitrogens is 1. The van der Waals surface area contributed by atoms with Crippen molar-refractivity contribution in [2.75, 3.05) is 5.73 Å². The van der Waals surface area contributed by atoms with E-state index in [0.717, 1.165) is 5.56 Å². The lowest BCUT2D eigenvalue weighted by molar-refractivity contribution is 0.141. The summed E-state index contributed by atoms with van der Waals surface area (Å²) in [4.78, 5) is 3.94. The van der Waals surface area contributed by atoms with Crippen molar-refractivity contribution in [3.05, 3.63) is 57.8 Å². The Morgan fingerprint density at radius 1 is 1.35 bits per heavy atom. The van der Waals surface area contributed by atoms with Crippen LogP contribution < -0.4 is 11.2 Å². The van der Waals surface area contributed by atoms with Crippen molar-refractivity contribution in [2.45, 2.75) is 6.23 Å². The molecule has 0 spiro atoms. The molecule has 0 amide bonds. The summed E-state index contributed by atoms with van der Waals surface area (Å²) in [6.07, 6.45) is 3.81. The van der Waals surface area contributed by atoms with E-state index in [9.17, 15) is 5.11 Å². The van der Waals surface area contributed by atoms with Gasteiger partial charge in [0.05, 0.1) is 21.9 Å². The molecule has 0 aliphatic carbocycles. The zero-order valence-corrected chi connectivity index (χ0v) is 11.8. The van der Waals surface area contributed by atoms with Crippen molar-refractivity contribution in [1.82, 2.24) is 10.4 Å². The van der Waals surface area contributed by atoms with Crippen molar-refractivity contribution in [1.29, 1.82) is 0 Å². The van der Waals surface area contributed by atoms with Crippen LogP contribution in [0.3, 0.4) is 0 Å². The zero-order chi connectivity index (χ0) is 14.5. The summed E-state index contributed by atoms with van der Waals surface area (Å²) in [5, 5.41) is 14.4. The fourth-order valence-electron chi connectivity index (χ4n) is 1.47. The fraction of sp³-hybridized carbons (Fsp3) is 0.0769. The van der Waals surface area contributed by atoms with Gasteiger partial charge in [0.25, 0.3) is 0 Å². The lowest BCUT2D eigenvalue weighted by atomic mass is 10.2. The first-order valence-corrected chi connectivity index (χ1v) is 6.44. The minimum absolute atomic E-state index is 0.281. The molecule has 104 valence electrons.